The molecule has 0 radical (unpaired) electrons. The van der Waals surface area contributed by atoms with Gasteiger partial charge in [0.25, 0.3) is 0 Å². The largest absolute Gasteiger partial charge is 0.489 e. The summed E-state index contributed by atoms with van der Waals surface area (Å²) in [5, 5.41) is 1.06. The molecule has 1 atom stereocenters. The van der Waals surface area contributed by atoms with Crippen LogP contribution in [0.1, 0.15) is 31.7 Å². The first-order valence-electron chi connectivity index (χ1n) is 8.46. The summed E-state index contributed by atoms with van der Waals surface area (Å²) in [6.45, 7) is 3.03. The van der Waals surface area contributed by atoms with Gasteiger partial charge in [0.1, 0.15) is 18.1 Å². The molecule has 0 aromatic heterocycles. The van der Waals surface area contributed by atoms with E-state index in [1.165, 1.54) is 0 Å². The quantitative estimate of drug-likeness (QED) is 0.663. The fourth-order valence-corrected chi connectivity index (χ4v) is 3.65. The van der Waals surface area contributed by atoms with E-state index >= 15 is 0 Å². The summed E-state index contributed by atoms with van der Waals surface area (Å²) in [6, 6.07) is 13.8. The third-order valence-corrected chi connectivity index (χ3v) is 5.35. The SMILES string of the molecule is CC(=O)CC1CCCN1c1ccc(OCc2cccc(Cl)c2Cl)cc1. The Morgan fingerprint density at radius 2 is 1.96 bits per heavy atom. The lowest BCUT2D eigenvalue weighted by molar-refractivity contribution is -0.117. The maximum absolute atomic E-state index is 11.4. The van der Waals surface area contributed by atoms with Crippen molar-refractivity contribution < 1.29 is 9.53 Å². The highest BCUT2D eigenvalue weighted by Gasteiger charge is 2.25. The number of carbonyl (C=O) groups is 1. The van der Waals surface area contributed by atoms with E-state index in [0.29, 0.717) is 29.1 Å². The van der Waals surface area contributed by atoms with Crippen molar-refractivity contribution in [2.75, 3.05) is 11.4 Å². The Kier molecular flexibility index (Phi) is 5.87. The number of ether oxygens (including phenoxy) is 1. The monoisotopic (exact) mass is 377 g/mol. The second-order valence-electron chi connectivity index (χ2n) is 6.39. The van der Waals surface area contributed by atoms with Crippen molar-refractivity contribution >= 4 is 34.7 Å². The van der Waals surface area contributed by atoms with Gasteiger partial charge in [0, 0.05) is 30.3 Å². The fourth-order valence-electron chi connectivity index (χ4n) is 3.27. The number of halogens is 2. The van der Waals surface area contributed by atoms with Crippen LogP contribution >= 0.6 is 23.2 Å². The minimum Gasteiger partial charge on any atom is -0.489 e. The zero-order valence-electron chi connectivity index (χ0n) is 14.2. The van der Waals surface area contributed by atoms with E-state index in [4.69, 9.17) is 27.9 Å². The summed E-state index contributed by atoms with van der Waals surface area (Å²) in [5.41, 5.74) is 2.00. The summed E-state index contributed by atoms with van der Waals surface area (Å²) in [7, 11) is 0. The zero-order valence-corrected chi connectivity index (χ0v) is 15.7. The Hall–Kier alpha value is -1.71. The van der Waals surface area contributed by atoms with Gasteiger partial charge in [-0.1, -0.05) is 35.3 Å². The number of ketones is 1. The predicted octanol–water partition coefficient (Wildman–Crippen LogP) is 5.52. The number of carbonyl (C=O) groups excluding carboxylic acids is 1. The average molecular weight is 378 g/mol. The molecule has 3 rings (SSSR count). The lowest BCUT2D eigenvalue weighted by Gasteiger charge is -2.26. The number of anilines is 1. The van der Waals surface area contributed by atoms with Crippen molar-refractivity contribution in [3.05, 3.63) is 58.1 Å². The Morgan fingerprint density at radius 1 is 1.20 bits per heavy atom. The summed E-state index contributed by atoms with van der Waals surface area (Å²) in [5.74, 6) is 1.03. The van der Waals surface area contributed by atoms with E-state index < -0.39 is 0 Å². The van der Waals surface area contributed by atoms with Crippen molar-refractivity contribution in [1.29, 1.82) is 0 Å². The van der Waals surface area contributed by atoms with Crippen LogP contribution in [0.4, 0.5) is 5.69 Å². The van der Waals surface area contributed by atoms with Gasteiger partial charge in [0.15, 0.2) is 0 Å². The van der Waals surface area contributed by atoms with Crippen molar-refractivity contribution in [2.45, 2.75) is 38.8 Å². The number of benzene rings is 2. The van der Waals surface area contributed by atoms with Crippen LogP contribution in [0.3, 0.4) is 0 Å². The molecule has 0 amide bonds. The van der Waals surface area contributed by atoms with Gasteiger partial charge in [-0.2, -0.15) is 0 Å². The summed E-state index contributed by atoms with van der Waals surface area (Å²) >= 11 is 12.2. The van der Waals surface area contributed by atoms with Crippen molar-refractivity contribution in [3.63, 3.8) is 0 Å². The molecule has 132 valence electrons. The first kappa shape index (κ1) is 18.1. The molecule has 1 saturated heterocycles. The van der Waals surface area contributed by atoms with E-state index in [1.807, 2.05) is 36.4 Å². The number of Topliss-reactive ketones (excluding diaryl/α,β-unsaturated/α-hetero) is 1. The molecule has 0 saturated carbocycles. The molecule has 5 heteroatoms. The average Bonchev–Trinajstić information content (AvgIpc) is 3.04. The van der Waals surface area contributed by atoms with Gasteiger partial charge in [-0.05, 0) is 50.1 Å². The molecule has 2 aromatic rings. The van der Waals surface area contributed by atoms with Gasteiger partial charge in [-0.25, -0.2) is 0 Å². The number of rotatable bonds is 6. The summed E-state index contributed by atoms with van der Waals surface area (Å²) in [4.78, 5) is 13.8. The standard InChI is InChI=1S/C20H21Cl2NO2/c1-14(24)12-17-5-3-11-23(17)16-7-9-18(10-8-16)25-13-15-4-2-6-19(21)20(15)22/h2,4,6-10,17H,3,5,11-13H2,1H3. The molecule has 3 nitrogen and oxygen atoms in total. The van der Waals surface area contributed by atoms with Crippen LogP contribution in [0.2, 0.25) is 10.0 Å². The van der Waals surface area contributed by atoms with Crippen LogP contribution in [0.15, 0.2) is 42.5 Å². The van der Waals surface area contributed by atoms with E-state index in [9.17, 15) is 4.79 Å². The molecule has 1 heterocycles. The topological polar surface area (TPSA) is 29.5 Å². The predicted molar refractivity (Wildman–Crippen MR) is 103 cm³/mol. The molecular weight excluding hydrogens is 357 g/mol. The van der Waals surface area contributed by atoms with Gasteiger partial charge in [0.2, 0.25) is 0 Å². The van der Waals surface area contributed by atoms with E-state index in [-0.39, 0.29) is 5.78 Å². The van der Waals surface area contributed by atoms with E-state index in [0.717, 1.165) is 36.4 Å². The highest BCUT2D eigenvalue weighted by Crippen LogP contribution is 2.30. The number of nitrogens with zero attached hydrogens (tertiary/aromatic N) is 1. The molecule has 1 fully saturated rings. The maximum atomic E-state index is 11.4. The minimum atomic E-state index is 0.246. The van der Waals surface area contributed by atoms with Crippen molar-refractivity contribution in [3.8, 4) is 5.75 Å². The maximum Gasteiger partial charge on any atom is 0.131 e. The second kappa shape index (κ2) is 8.11. The number of hydrogen-bond donors (Lipinski definition) is 0. The molecule has 25 heavy (non-hydrogen) atoms. The van der Waals surface area contributed by atoms with E-state index in [1.54, 1.807) is 13.0 Å². The van der Waals surface area contributed by atoms with Crippen LogP contribution in [0.5, 0.6) is 5.75 Å². The van der Waals surface area contributed by atoms with Crippen molar-refractivity contribution in [1.82, 2.24) is 0 Å². The Balaban J connectivity index is 1.64. The number of hydrogen-bond acceptors (Lipinski definition) is 3. The molecule has 0 aliphatic carbocycles. The Labute approximate surface area is 158 Å². The molecule has 1 aliphatic heterocycles. The third-order valence-electron chi connectivity index (χ3n) is 4.49. The molecule has 1 unspecified atom stereocenters. The highest BCUT2D eigenvalue weighted by molar-refractivity contribution is 6.42. The summed E-state index contributed by atoms with van der Waals surface area (Å²) in [6.07, 6.45) is 2.82. The molecule has 0 N–H and O–H groups in total. The lowest BCUT2D eigenvalue weighted by Crippen LogP contribution is -2.30. The van der Waals surface area contributed by atoms with Crippen LogP contribution < -0.4 is 9.64 Å². The van der Waals surface area contributed by atoms with Gasteiger partial charge in [-0.3, -0.25) is 4.79 Å². The van der Waals surface area contributed by atoms with Crippen molar-refractivity contribution in [2.24, 2.45) is 0 Å². The summed E-state index contributed by atoms with van der Waals surface area (Å²) < 4.78 is 5.82. The lowest BCUT2D eigenvalue weighted by atomic mass is 10.1. The van der Waals surface area contributed by atoms with Crippen LogP contribution in [0, 0.1) is 0 Å². The molecule has 0 bridgehead atoms. The Bertz CT molecular complexity index is 746. The molecule has 0 spiro atoms. The first-order chi connectivity index (χ1) is 12.0. The first-order valence-corrected chi connectivity index (χ1v) is 9.22. The third kappa shape index (κ3) is 4.47. The highest BCUT2D eigenvalue weighted by atomic mass is 35.5. The van der Waals surface area contributed by atoms with Crippen LogP contribution in [0.25, 0.3) is 0 Å². The smallest absolute Gasteiger partial charge is 0.131 e. The van der Waals surface area contributed by atoms with Crippen LogP contribution in [-0.2, 0) is 11.4 Å². The normalized spacial score (nSPS) is 16.9. The van der Waals surface area contributed by atoms with Crippen LogP contribution in [-0.4, -0.2) is 18.4 Å². The minimum absolute atomic E-state index is 0.246. The van der Waals surface area contributed by atoms with Gasteiger partial charge in [0.05, 0.1) is 10.0 Å². The van der Waals surface area contributed by atoms with Gasteiger partial charge in [-0.15, -0.1) is 0 Å². The second-order valence-corrected chi connectivity index (χ2v) is 7.18. The van der Waals surface area contributed by atoms with Gasteiger partial charge < -0.3 is 9.64 Å². The molecule has 2 aromatic carbocycles. The van der Waals surface area contributed by atoms with E-state index in [2.05, 4.69) is 4.90 Å². The molecule has 1 aliphatic rings. The Morgan fingerprint density at radius 3 is 2.68 bits per heavy atom. The fraction of sp³-hybridized carbons (Fsp3) is 0.350. The molecular formula is C20H21Cl2NO2. The van der Waals surface area contributed by atoms with Gasteiger partial charge >= 0.3 is 0 Å². The zero-order chi connectivity index (χ0) is 17.8.